The highest BCUT2D eigenvalue weighted by Crippen LogP contribution is 2.30. The quantitative estimate of drug-likeness (QED) is 0.632. The summed E-state index contributed by atoms with van der Waals surface area (Å²) in [7, 11) is 0. The van der Waals surface area contributed by atoms with Crippen LogP contribution in [0.1, 0.15) is 30.1 Å². The number of piperazine rings is 1. The molecule has 0 spiro atoms. The molecule has 2 aliphatic heterocycles. The molecule has 3 aromatic rings. The van der Waals surface area contributed by atoms with Gasteiger partial charge in [0.25, 0.3) is 5.91 Å². The van der Waals surface area contributed by atoms with E-state index in [1.807, 2.05) is 4.90 Å². The molecule has 2 aliphatic rings. The Kier molecular flexibility index (Phi) is 5.01. The second-order valence-corrected chi connectivity index (χ2v) is 8.43. The molecule has 162 valence electrons. The van der Waals surface area contributed by atoms with E-state index in [9.17, 15) is 4.79 Å². The van der Waals surface area contributed by atoms with Crippen LogP contribution in [0.5, 0.6) is 0 Å². The number of nitrogens with one attached hydrogen (secondary N) is 1. The highest BCUT2D eigenvalue weighted by atomic mass is 35.5. The molecule has 1 atom stereocenters. The summed E-state index contributed by atoms with van der Waals surface area (Å²) in [5, 5.41) is 0.493. The van der Waals surface area contributed by atoms with Gasteiger partial charge in [0.05, 0.1) is 16.9 Å². The molecule has 5 heterocycles. The number of nitrogens with two attached hydrogens (primary N) is 1. The van der Waals surface area contributed by atoms with Crippen LogP contribution < -0.4 is 15.5 Å². The van der Waals surface area contributed by atoms with Crippen molar-refractivity contribution >= 4 is 46.3 Å². The molecule has 0 bridgehead atoms. The smallest absolute Gasteiger partial charge is 0.255 e. The van der Waals surface area contributed by atoms with Crippen molar-refractivity contribution in [2.75, 3.05) is 48.3 Å². The zero-order chi connectivity index (χ0) is 21.5. The van der Waals surface area contributed by atoms with Gasteiger partial charge in [-0.3, -0.25) is 4.79 Å². The Balaban J connectivity index is 1.35. The van der Waals surface area contributed by atoms with Crippen LogP contribution in [0, 0.1) is 0 Å². The number of nitrogen functional groups attached to an aromatic ring is 1. The Morgan fingerprint density at radius 2 is 1.97 bits per heavy atom. The van der Waals surface area contributed by atoms with E-state index in [-0.39, 0.29) is 17.9 Å². The second-order valence-electron chi connectivity index (χ2n) is 8.02. The number of carbonyl (C=O) groups excluding carboxylic acids is 1. The van der Waals surface area contributed by atoms with Gasteiger partial charge in [0.2, 0.25) is 5.95 Å². The number of fused-ring (bicyclic) bond motifs is 1. The molecular weight excluding hydrogens is 418 g/mol. The van der Waals surface area contributed by atoms with Crippen LogP contribution in [0.2, 0.25) is 5.02 Å². The van der Waals surface area contributed by atoms with E-state index in [4.69, 9.17) is 17.3 Å². The molecule has 11 heteroatoms. The molecule has 31 heavy (non-hydrogen) atoms. The first-order chi connectivity index (χ1) is 15.0. The Bertz CT molecular complexity index is 1130. The lowest BCUT2D eigenvalue weighted by atomic mass is 10.1. The summed E-state index contributed by atoms with van der Waals surface area (Å²) in [5.74, 6) is 1.65. The molecule has 0 radical (unpaired) electrons. The number of amides is 1. The van der Waals surface area contributed by atoms with Gasteiger partial charge in [0.1, 0.15) is 11.3 Å². The molecule has 2 fully saturated rings. The van der Waals surface area contributed by atoms with Gasteiger partial charge < -0.3 is 25.4 Å². The molecule has 3 aromatic heterocycles. The van der Waals surface area contributed by atoms with Crippen molar-refractivity contribution in [2.45, 2.75) is 25.8 Å². The number of rotatable bonds is 3. The first-order valence-electron chi connectivity index (χ1n) is 10.4. The van der Waals surface area contributed by atoms with E-state index in [1.165, 1.54) is 0 Å². The van der Waals surface area contributed by atoms with Crippen molar-refractivity contribution in [3.05, 3.63) is 29.2 Å². The summed E-state index contributed by atoms with van der Waals surface area (Å²) >= 11 is 6.58. The molecule has 0 aromatic carbocycles. The molecule has 1 amide bonds. The van der Waals surface area contributed by atoms with Crippen LogP contribution in [-0.2, 0) is 0 Å². The van der Waals surface area contributed by atoms with Crippen molar-refractivity contribution in [1.82, 2.24) is 29.8 Å². The summed E-state index contributed by atoms with van der Waals surface area (Å²) in [6, 6.07) is 1.86. The van der Waals surface area contributed by atoms with Gasteiger partial charge in [-0.05, 0) is 25.8 Å². The fourth-order valence-corrected chi connectivity index (χ4v) is 4.66. The van der Waals surface area contributed by atoms with Gasteiger partial charge in [-0.15, -0.1) is 0 Å². The largest absolute Gasteiger partial charge is 0.368 e. The molecule has 3 N–H and O–H groups in total. The van der Waals surface area contributed by atoms with Crippen LogP contribution in [0.4, 0.5) is 17.6 Å². The van der Waals surface area contributed by atoms with E-state index >= 15 is 0 Å². The molecule has 0 unspecified atom stereocenters. The van der Waals surface area contributed by atoms with Crippen LogP contribution in [0.25, 0.3) is 11.2 Å². The van der Waals surface area contributed by atoms with Crippen molar-refractivity contribution in [3.8, 4) is 0 Å². The maximum atomic E-state index is 12.6. The summed E-state index contributed by atoms with van der Waals surface area (Å²) in [5.41, 5.74) is 7.75. The average Bonchev–Trinajstić information content (AvgIpc) is 3.45. The molecule has 5 rings (SSSR count). The maximum absolute atomic E-state index is 12.6. The zero-order valence-electron chi connectivity index (χ0n) is 17.3. The normalized spacial score (nSPS) is 19.4. The highest BCUT2D eigenvalue weighted by molar-refractivity contribution is 6.33. The lowest BCUT2D eigenvalue weighted by molar-refractivity contribution is 0.0792. The SMILES string of the molecule is C[C@@H]1CN(c2nc(N)nc3nc[nH]c23)CCN1c1ncc(C(=O)N2CCCC2)cc1Cl. The van der Waals surface area contributed by atoms with Gasteiger partial charge in [-0.25, -0.2) is 9.97 Å². The van der Waals surface area contributed by atoms with Gasteiger partial charge in [0, 0.05) is 45.0 Å². The van der Waals surface area contributed by atoms with Gasteiger partial charge in [-0.1, -0.05) is 11.6 Å². The van der Waals surface area contributed by atoms with E-state index in [0.717, 1.165) is 37.3 Å². The minimum absolute atomic E-state index is 0.00115. The Morgan fingerprint density at radius 1 is 1.16 bits per heavy atom. The standard InChI is InChI=1S/C20H24ClN9O/c1-12-10-29(18-15-16(25-11-24-15)26-20(22)27-18)6-7-30(12)17-14(21)8-13(9-23-17)19(31)28-4-2-3-5-28/h8-9,11-12H,2-7,10H2,1H3,(H3,22,24,25,26,27)/t12-/m1/s1. The number of likely N-dealkylation sites (tertiary alicyclic amines) is 1. The lowest BCUT2D eigenvalue weighted by Gasteiger charge is -2.41. The molecule has 0 aliphatic carbocycles. The maximum Gasteiger partial charge on any atom is 0.255 e. The van der Waals surface area contributed by atoms with E-state index in [0.29, 0.717) is 41.7 Å². The van der Waals surface area contributed by atoms with Gasteiger partial charge in [-0.2, -0.15) is 9.97 Å². The van der Waals surface area contributed by atoms with Crippen LogP contribution in [0.3, 0.4) is 0 Å². The highest BCUT2D eigenvalue weighted by Gasteiger charge is 2.29. The van der Waals surface area contributed by atoms with Crippen molar-refractivity contribution in [1.29, 1.82) is 0 Å². The topological polar surface area (TPSA) is 120 Å². The first-order valence-corrected chi connectivity index (χ1v) is 10.8. The summed E-state index contributed by atoms with van der Waals surface area (Å²) in [6.07, 6.45) is 5.34. The average molecular weight is 442 g/mol. The minimum Gasteiger partial charge on any atom is -0.368 e. The molecule has 2 saturated heterocycles. The van der Waals surface area contributed by atoms with E-state index in [1.54, 1.807) is 18.6 Å². The summed E-state index contributed by atoms with van der Waals surface area (Å²) < 4.78 is 0. The van der Waals surface area contributed by atoms with Gasteiger partial charge >= 0.3 is 0 Å². The Labute approximate surface area is 184 Å². The molecular formula is C20H24ClN9O. The number of carbonyl (C=O) groups is 1. The minimum atomic E-state index is 0.00115. The number of nitrogens with zero attached hydrogens (tertiary/aromatic N) is 7. The summed E-state index contributed by atoms with van der Waals surface area (Å²) in [4.78, 5) is 39.3. The van der Waals surface area contributed by atoms with Crippen molar-refractivity contribution < 1.29 is 4.79 Å². The van der Waals surface area contributed by atoms with E-state index < -0.39 is 0 Å². The molecule has 10 nitrogen and oxygen atoms in total. The number of aromatic nitrogens is 5. The van der Waals surface area contributed by atoms with Crippen LogP contribution in [-0.4, -0.2) is 74.5 Å². The monoisotopic (exact) mass is 441 g/mol. The third-order valence-corrected chi connectivity index (χ3v) is 6.22. The van der Waals surface area contributed by atoms with Crippen molar-refractivity contribution in [3.63, 3.8) is 0 Å². The Morgan fingerprint density at radius 3 is 2.71 bits per heavy atom. The fraction of sp³-hybridized carbons (Fsp3) is 0.450. The number of anilines is 3. The number of aromatic amines is 1. The number of hydrogen-bond donors (Lipinski definition) is 2. The molecule has 0 saturated carbocycles. The number of imidazole rings is 1. The predicted molar refractivity (Wildman–Crippen MR) is 120 cm³/mol. The van der Waals surface area contributed by atoms with Crippen molar-refractivity contribution in [2.24, 2.45) is 0 Å². The number of pyridine rings is 1. The number of halogens is 1. The first kappa shape index (κ1) is 19.8. The third kappa shape index (κ3) is 3.60. The number of hydrogen-bond acceptors (Lipinski definition) is 8. The van der Waals surface area contributed by atoms with E-state index in [2.05, 4.69) is 41.6 Å². The Hall–Kier alpha value is -3.14. The summed E-state index contributed by atoms with van der Waals surface area (Å²) in [6.45, 7) is 5.83. The lowest BCUT2D eigenvalue weighted by Crippen LogP contribution is -2.53. The second kappa shape index (κ2) is 7.84. The fourth-order valence-electron chi connectivity index (χ4n) is 4.39. The van der Waals surface area contributed by atoms with Crippen LogP contribution >= 0.6 is 11.6 Å². The van der Waals surface area contributed by atoms with Crippen LogP contribution in [0.15, 0.2) is 18.6 Å². The predicted octanol–water partition coefficient (Wildman–Crippen LogP) is 1.93. The number of H-pyrrole nitrogens is 1. The third-order valence-electron chi connectivity index (χ3n) is 5.94. The van der Waals surface area contributed by atoms with Gasteiger partial charge in [0.15, 0.2) is 11.5 Å². The zero-order valence-corrected chi connectivity index (χ0v) is 18.0.